The maximum atomic E-state index is 11.7. The molecule has 6 atom stereocenters. The Morgan fingerprint density at radius 2 is 2.05 bits per heavy atom. The summed E-state index contributed by atoms with van der Waals surface area (Å²) in [6, 6.07) is 0. The molecule has 4 aliphatic carbocycles. The van der Waals surface area contributed by atoms with E-state index in [2.05, 4.69) is 12.2 Å². The summed E-state index contributed by atoms with van der Waals surface area (Å²) < 4.78 is 0. The molecule has 3 fully saturated rings. The highest BCUT2D eigenvalue weighted by molar-refractivity contribution is 8.04. The van der Waals surface area contributed by atoms with Crippen LogP contribution in [0.25, 0.3) is 0 Å². The minimum absolute atomic E-state index is 0.372. The van der Waals surface area contributed by atoms with Gasteiger partial charge in [0.1, 0.15) is 0 Å². The number of carbonyl (C=O) groups excluding carboxylic acids is 1. The first-order chi connectivity index (χ1) is 10.6. The lowest BCUT2D eigenvalue weighted by molar-refractivity contribution is -0.116. The lowest BCUT2D eigenvalue weighted by atomic mass is 9.52. The van der Waals surface area contributed by atoms with Crippen molar-refractivity contribution in [1.82, 2.24) is 0 Å². The Labute approximate surface area is 138 Å². The van der Waals surface area contributed by atoms with E-state index in [-0.39, 0.29) is 0 Å². The highest BCUT2D eigenvalue weighted by atomic mass is 32.2. The maximum Gasteiger partial charge on any atom is 0.155 e. The van der Waals surface area contributed by atoms with E-state index in [0.717, 1.165) is 36.5 Å². The number of terminal acetylenes is 1. The Balaban J connectivity index is 1.59. The fourth-order valence-corrected chi connectivity index (χ4v) is 7.39. The molecule has 4 aliphatic rings. The monoisotopic (exact) mass is 314 g/mol. The minimum Gasteiger partial charge on any atom is -0.295 e. The van der Waals surface area contributed by atoms with Gasteiger partial charge in [0.05, 0.1) is 0 Å². The van der Waals surface area contributed by atoms with Crippen LogP contribution in [0.2, 0.25) is 0 Å². The van der Waals surface area contributed by atoms with Gasteiger partial charge in [-0.25, -0.2) is 0 Å². The van der Waals surface area contributed by atoms with Gasteiger partial charge in [-0.3, -0.25) is 4.79 Å². The van der Waals surface area contributed by atoms with E-state index in [1.807, 2.05) is 6.08 Å². The number of ketones is 1. The molecule has 0 bridgehead atoms. The van der Waals surface area contributed by atoms with Crippen LogP contribution in [0.3, 0.4) is 0 Å². The van der Waals surface area contributed by atoms with Gasteiger partial charge in [0.2, 0.25) is 0 Å². The van der Waals surface area contributed by atoms with Gasteiger partial charge in [-0.1, -0.05) is 24.3 Å². The second-order valence-corrected chi connectivity index (χ2v) is 9.19. The van der Waals surface area contributed by atoms with Crippen LogP contribution >= 0.6 is 11.8 Å². The molecule has 0 N–H and O–H groups in total. The Hall–Kier alpha value is -0.680. The Morgan fingerprint density at radius 3 is 2.86 bits per heavy atom. The van der Waals surface area contributed by atoms with Crippen LogP contribution in [0.1, 0.15) is 58.3 Å². The highest BCUT2D eigenvalue weighted by Crippen LogP contribution is 2.63. The van der Waals surface area contributed by atoms with Crippen molar-refractivity contribution in [3.05, 3.63) is 11.6 Å². The summed E-state index contributed by atoms with van der Waals surface area (Å²) in [5, 5.41) is 3.53. The first-order valence-corrected chi connectivity index (χ1v) is 9.86. The molecule has 22 heavy (non-hydrogen) atoms. The molecule has 0 saturated heterocycles. The van der Waals surface area contributed by atoms with E-state index in [9.17, 15) is 4.79 Å². The second-order valence-electron chi connectivity index (χ2n) is 8.15. The number of fused-ring (bicyclic) bond motifs is 5. The van der Waals surface area contributed by atoms with Gasteiger partial charge in [0, 0.05) is 11.7 Å². The molecule has 2 heteroatoms. The number of rotatable bonds is 1. The predicted molar refractivity (Wildman–Crippen MR) is 92.3 cm³/mol. The van der Waals surface area contributed by atoms with Crippen LogP contribution in [0.5, 0.6) is 0 Å². The molecule has 0 spiro atoms. The van der Waals surface area contributed by atoms with Gasteiger partial charge in [-0.05, 0) is 85.4 Å². The topological polar surface area (TPSA) is 17.1 Å². The van der Waals surface area contributed by atoms with Crippen LogP contribution in [0, 0.1) is 40.8 Å². The highest BCUT2D eigenvalue weighted by Gasteiger charge is 2.56. The number of hydrogen-bond acceptors (Lipinski definition) is 2. The van der Waals surface area contributed by atoms with Crippen LogP contribution in [-0.4, -0.2) is 11.0 Å². The zero-order chi connectivity index (χ0) is 15.3. The van der Waals surface area contributed by atoms with Gasteiger partial charge < -0.3 is 0 Å². The Kier molecular flexibility index (Phi) is 3.68. The quantitative estimate of drug-likeness (QED) is 0.645. The van der Waals surface area contributed by atoms with Crippen LogP contribution in [0.4, 0.5) is 0 Å². The average molecular weight is 314 g/mol. The normalized spacial score (nSPS) is 47.0. The lowest BCUT2D eigenvalue weighted by Crippen LogP contribution is -2.47. The fourth-order valence-electron chi connectivity index (χ4n) is 6.41. The van der Waals surface area contributed by atoms with Gasteiger partial charge >= 0.3 is 0 Å². The number of hydrogen-bond donors (Lipinski definition) is 0. The Morgan fingerprint density at radius 1 is 1.18 bits per heavy atom. The van der Waals surface area contributed by atoms with E-state index in [1.54, 1.807) is 11.8 Å². The molecule has 0 aromatic rings. The molecule has 3 unspecified atom stereocenters. The van der Waals surface area contributed by atoms with E-state index >= 15 is 0 Å². The largest absolute Gasteiger partial charge is 0.295 e. The molecule has 3 saturated carbocycles. The molecular weight excluding hydrogens is 288 g/mol. The maximum absolute atomic E-state index is 11.7. The molecule has 1 nitrogen and oxygen atoms in total. The van der Waals surface area contributed by atoms with Crippen molar-refractivity contribution < 1.29 is 4.79 Å². The van der Waals surface area contributed by atoms with Crippen molar-refractivity contribution in [3.8, 4) is 11.7 Å². The van der Waals surface area contributed by atoms with Gasteiger partial charge in [-0.2, -0.15) is 0 Å². The summed E-state index contributed by atoms with van der Waals surface area (Å²) in [5.41, 5.74) is 1.96. The van der Waals surface area contributed by atoms with E-state index in [0.29, 0.717) is 16.4 Å². The van der Waals surface area contributed by atoms with Crippen LogP contribution in [0.15, 0.2) is 11.6 Å². The fraction of sp³-hybridized carbons (Fsp3) is 0.750. The molecule has 0 amide bonds. The molecule has 0 radical (unpaired) electrons. The van der Waals surface area contributed by atoms with Crippen LogP contribution < -0.4 is 0 Å². The standard InChI is InChI=1S/C20H26OS/c1-3-22-19-9-8-18-17-6-4-13-12-14(21)5-7-15(13)16(17)10-11-20(18,19)2/h1,12,15-19H,4-11H2,2H3/t15-,16?,17?,18?,19-,20-/m0/s1. The second kappa shape index (κ2) is 5.45. The predicted octanol–water partition coefficient (Wildman–Crippen LogP) is 4.82. The van der Waals surface area contributed by atoms with Crippen molar-refractivity contribution in [3.63, 3.8) is 0 Å². The summed E-state index contributed by atoms with van der Waals surface area (Å²) in [6.45, 7) is 2.52. The Bertz CT molecular complexity index is 557. The van der Waals surface area contributed by atoms with Crippen molar-refractivity contribution >= 4 is 17.5 Å². The first kappa shape index (κ1) is 14.9. The zero-order valence-corrected chi connectivity index (χ0v) is 14.3. The molecule has 4 rings (SSSR count). The van der Waals surface area contributed by atoms with Crippen molar-refractivity contribution in [2.45, 2.75) is 63.5 Å². The summed E-state index contributed by atoms with van der Waals surface area (Å²) in [5.74, 6) is 3.70. The number of carbonyl (C=O) groups is 1. The van der Waals surface area contributed by atoms with Gasteiger partial charge in [0.15, 0.2) is 5.78 Å². The minimum atomic E-state index is 0.372. The third-order valence-corrected chi connectivity index (χ3v) is 8.62. The lowest BCUT2D eigenvalue weighted by Gasteiger charge is -2.53. The summed E-state index contributed by atoms with van der Waals surface area (Å²) >= 11 is 1.76. The van der Waals surface area contributed by atoms with Gasteiger partial charge in [-0.15, -0.1) is 6.42 Å². The molecule has 0 heterocycles. The summed E-state index contributed by atoms with van der Waals surface area (Å²) in [7, 11) is 0. The van der Waals surface area contributed by atoms with Crippen molar-refractivity contribution in [1.29, 1.82) is 0 Å². The molecule has 0 aromatic carbocycles. The number of thioether (sulfide) groups is 1. The summed E-state index contributed by atoms with van der Waals surface area (Å²) in [4.78, 5) is 11.7. The van der Waals surface area contributed by atoms with E-state index in [4.69, 9.17) is 6.42 Å². The first-order valence-electron chi connectivity index (χ1n) is 8.98. The van der Waals surface area contributed by atoms with Crippen LogP contribution in [-0.2, 0) is 4.79 Å². The average Bonchev–Trinajstić information content (AvgIpc) is 2.84. The number of allylic oxidation sites excluding steroid dienone is 1. The van der Waals surface area contributed by atoms with Crippen molar-refractivity contribution in [2.24, 2.45) is 29.1 Å². The van der Waals surface area contributed by atoms with E-state index in [1.165, 1.54) is 44.1 Å². The van der Waals surface area contributed by atoms with E-state index < -0.39 is 0 Å². The summed E-state index contributed by atoms with van der Waals surface area (Å²) in [6.07, 6.45) is 17.4. The molecular formula is C20H26OS. The van der Waals surface area contributed by atoms with Gasteiger partial charge in [0.25, 0.3) is 0 Å². The molecule has 0 aromatic heterocycles. The third kappa shape index (κ3) is 2.12. The van der Waals surface area contributed by atoms with Crippen molar-refractivity contribution in [2.75, 3.05) is 0 Å². The smallest absolute Gasteiger partial charge is 0.155 e. The third-order valence-electron chi connectivity index (χ3n) is 7.42. The zero-order valence-electron chi connectivity index (χ0n) is 13.5. The molecule has 0 aliphatic heterocycles. The molecule has 118 valence electrons. The SMILES string of the molecule is C#CS[C@H]1CCC2C3CCC4=CC(=O)CC[C@@H]4C3CC[C@@]21C.